The smallest absolute Gasteiger partial charge is 0.220 e. The lowest BCUT2D eigenvalue weighted by Crippen LogP contribution is -2.50. The van der Waals surface area contributed by atoms with Gasteiger partial charge in [-0.2, -0.15) is 0 Å². The molecule has 0 aromatic carbocycles. The van der Waals surface area contributed by atoms with Crippen molar-refractivity contribution in [3.8, 4) is 0 Å². The van der Waals surface area contributed by atoms with Crippen molar-refractivity contribution in [2.75, 3.05) is 13.2 Å². The van der Waals surface area contributed by atoms with Crippen LogP contribution in [0.3, 0.4) is 0 Å². The molecule has 1 N–H and O–H groups in total. The van der Waals surface area contributed by atoms with Crippen LogP contribution in [0.2, 0.25) is 0 Å². The van der Waals surface area contributed by atoms with Crippen LogP contribution in [-0.2, 0) is 27.3 Å². The number of carbonyl (C=O) groups is 1. The first kappa shape index (κ1) is 19.0. The van der Waals surface area contributed by atoms with Gasteiger partial charge in [0.2, 0.25) is 5.91 Å². The summed E-state index contributed by atoms with van der Waals surface area (Å²) in [5, 5.41) is 7.02. The van der Waals surface area contributed by atoms with E-state index in [4.69, 9.17) is 14.0 Å². The fraction of sp³-hybridized carbons (Fsp3) is 0.611. The van der Waals surface area contributed by atoms with Crippen molar-refractivity contribution in [2.45, 2.75) is 58.8 Å². The highest BCUT2D eigenvalue weighted by atomic mass is 32.1. The summed E-state index contributed by atoms with van der Waals surface area (Å²) in [5.41, 5.74) is 4.64. The molecule has 0 unspecified atom stereocenters. The van der Waals surface area contributed by atoms with Crippen molar-refractivity contribution >= 4 is 17.2 Å². The molecule has 26 heavy (non-hydrogen) atoms. The Kier molecular flexibility index (Phi) is 6.39. The standard InChI is InChI=1S/C18H25N3O4S/c1-11-14(13(3)25-21-11)8-24-16-6-7-23-9-15(16)20-18(22)5-4-17-12(2)19-10-26-17/h10,15-16H,4-9H2,1-3H3,(H,20,22)/t15-,16+/m1/s1. The van der Waals surface area contributed by atoms with Crippen LogP contribution in [0.5, 0.6) is 0 Å². The molecular weight excluding hydrogens is 354 g/mol. The van der Waals surface area contributed by atoms with E-state index in [-0.39, 0.29) is 18.1 Å². The molecule has 0 radical (unpaired) electrons. The number of aromatic nitrogens is 2. The number of amides is 1. The molecule has 142 valence electrons. The molecule has 2 aromatic rings. The van der Waals surface area contributed by atoms with E-state index >= 15 is 0 Å². The summed E-state index contributed by atoms with van der Waals surface area (Å²) >= 11 is 1.59. The maximum atomic E-state index is 12.3. The third-order valence-electron chi connectivity index (χ3n) is 4.69. The monoisotopic (exact) mass is 379 g/mol. The molecule has 1 fully saturated rings. The van der Waals surface area contributed by atoms with Gasteiger partial charge in [-0.1, -0.05) is 5.16 Å². The summed E-state index contributed by atoms with van der Waals surface area (Å²) in [6.45, 7) is 7.29. The van der Waals surface area contributed by atoms with Crippen molar-refractivity contribution in [1.29, 1.82) is 0 Å². The van der Waals surface area contributed by atoms with Crippen LogP contribution in [0.1, 0.15) is 40.4 Å². The highest BCUT2D eigenvalue weighted by Crippen LogP contribution is 2.19. The summed E-state index contributed by atoms with van der Waals surface area (Å²) < 4.78 is 16.8. The highest BCUT2D eigenvalue weighted by molar-refractivity contribution is 7.09. The van der Waals surface area contributed by atoms with Gasteiger partial charge in [0, 0.05) is 23.5 Å². The molecule has 7 nitrogen and oxygen atoms in total. The van der Waals surface area contributed by atoms with E-state index < -0.39 is 0 Å². The average molecular weight is 379 g/mol. The Morgan fingerprint density at radius 3 is 2.92 bits per heavy atom. The third-order valence-corrected chi connectivity index (χ3v) is 5.68. The van der Waals surface area contributed by atoms with E-state index in [2.05, 4.69) is 15.5 Å². The van der Waals surface area contributed by atoms with Gasteiger partial charge < -0.3 is 19.3 Å². The maximum absolute atomic E-state index is 12.3. The number of aryl methyl sites for hydroxylation is 4. The molecule has 2 atom stereocenters. The number of hydrogen-bond donors (Lipinski definition) is 1. The zero-order valence-electron chi connectivity index (χ0n) is 15.4. The maximum Gasteiger partial charge on any atom is 0.220 e. The Hall–Kier alpha value is -1.77. The zero-order valence-corrected chi connectivity index (χ0v) is 16.2. The van der Waals surface area contributed by atoms with Gasteiger partial charge in [0.25, 0.3) is 0 Å². The van der Waals surface area contributed by atoms with Crippen molar-refractivity contribution < 1.29 is 18.8 Å². The van der Waals surface area contributed by atoms with E-state index in [1.54, 1.807) is 11.3 Å². The molecular formula is C18H25N3O4S. The lowest BCUT2D eigenvalue weighted by atomic mass is 10.1. The quantitative estimate of drug-likeness (QED) is 0.795. The molecule has 1 aliphatic rings. The van der Waals surface area contributed by atoms with Gasteiger partial charge >= 0.3 is 0 Å². The number of nitrogens with one attached hydrogen (secondary N) is 1. The van der Waals surface area contributed by atoms with Gasteiger partial charge in [-0.15, -0.1) is 11.3 Å². The second-order valence-electron chi connectivity index (χ2n) is 6.55. The predicted octanol–water partition coefficient (Wildman–Crippen LogP) is 2.48. The fourth-order valence-corrected chi connectivity index (χ4v) is 3.80. The first-order valence-electron chi connectivity index (χ1n) is 8.84. The van der Waals surface area contributed by atoms with Gasteiger partial charge in [0.15, 0.2) is 0 Å². The molecule has 0 saturated carbocycles. The molecule has 1 amide bonds. The van der Waals surface area contributed by atoms with Crippen molar-refractivity contribution in [2.24, 2.45) is 0 Å². The number of carbonyl (C=O) groups excluding carboxylic acids is 1. The van der Waals surface area contributed by atoms with Crippen LogP contribution in [0.4, 0.5) is 0 Å². The Morgan fingerprint density at radius 2 is 2.23 bits per heavy atom. The Morgan fingerprint density at radius 1 is 1.38 bits per heavy atom. The van der Waals surface area contributed by atoms with Gasteiger partial charge in [0.1, 0.15) is 5.76 Å². The topological polar surface area (TPSA) is 86.5 Å². The highest BCUT2D eigenvalue weighted by Gasteiger charge is 2.28. The van der Waals surface area contributed by atoms with Crippen LogP contribution < -0.4 is 5.32 Å². The summed E-state index contributed by atoms with van der Waals surface area (Å²) in [6, 6.07) is -0.140. The molecule has 0 bridgehead atoms. The first-order chi connectivity index (χ1) is 12.5. The predicted molar refractivity (Wildman–Crippen MR) is 97.1 cm³/mol. The average Bonchev–Trinajstić information content (AvgIpc) is 3.18. The molecule has 3 rings (SSSR count). The minimum absolute atomic E-state index is 0.0132. The second-order valence-corrected chi connectivity index (χ2v) is 7.49. The van der Waals surface area contributed by atoms with Crippen LogP contribution >= 0.6 is 11.3 Å². The summed E-state index contributed by atoms with van der Waals surface area (Å²) in [6.07, 6.45) is 1.82. The fourth-order valence-electron chi connectivity index (χ4n) is 3.02. The summed E-state index contributed by atoms with van der Waals surface area (Å²) in [5.74, 6) is 0.786. The van der Waals surface area contributed by atoms with Gasteiger partial charge in [-0.05, 0) is 33.6 Å². The molecule has 0 aliphatic carbocycles. The molecule has 3 heterocycles. The van der Waals surface area contributed by atoms with Gasteiger partial charge in [0.05, 0.1) is 42.3 Å². The Labute approximate surface area is 157 Å². The van der Waals surface area contributed by atoms with E-state index in [0.717, 1.165) is 34.0 Å². The Balaban J connectivity index is 1.51. The number of rotatable bonds is 7. The number of nitrogens with zero attached hydrogens (tertiary/aromatic N) is 2. The first-order valence-corrected chi connectivity index (χ1v) is 9.72. The van der Waals surface area contributed by atoms with Crippen molar-refractivity contribution in [3.63, 3.8) is 0 Å². The van der Waals surface area contributed by atoms with E-state index in [9.17, 15) is 4.79 Å². The van der Waals surface area contributed by atoms with Crippen molar-refractivity contribution in [1.82, 2.24) is 15.5 Å². The molecule has 0 spiro atoms. The van der Waals surface area contributed by atoms with Crippen LogP contribution in [-0.4, -0.2) is 41.4 Å². The molecule has 1 aliphatic heterocycles. The number of thiazole rings is 1. The molecule has 1 saturated heterocycles. The zero-order chi connectivity index (χ0) is 18.5. The SMILES string of the molecule is Cc1ncsc1CCC(=O)N[C@@H]1COCC[C@@H]1OCc1c(C)noc1C. The van der Waals surface area contributed by atoms with E-state index in [0.29, 0.717) is 32.7 Å². The second kappa shape index (κ2) is 8.75. The van der Waals surface area contributed by atoms with Gasteiger partial charge in [-0.3, -0.25) is 4.79 Å². The number of ether oxygens (including phenoxy) is 2. The van der Waals surface area contributed by atoms with Crippen LogP contribution in [0.15, 0.2) is 10.0 Å². The minimum atomic E-state index is -0.140. The largest absolute Gasteiger partial charge is 0.379 e. The number of hydrogen-bond acceptors (Lipinski definition) is 7. The molecule has 2 aromatic heterocycles. The van der Waals surface area contributed by atoms with E-state index in [1.165, 1.54) is 0 Å². The molecule has 8 heteroatoms. The van der Waals surface area contributed by atoms with Crippen molar-refractivity contribution in [3.05, 3.63) is 33.1 Å². The Bertz CT molecular complexity index is 723. The lowest BCUT2D eigenvalue weighted by molar-refractivity contribution is -0.126. The summed E-state index contributed by atoms with van der Waals surface area (Å²) in [7, 11) is 0. The van der Waals surface area contributed by atoms with Crippen LogP contribution in [0.25, 0.3) is 0 Å². The van der Waals surface area contributed by atoms with E-state index in [1.807, 2.05) is 26.3 Å². The lowest BCUT2D eigenvalue weighted by Gasteiger charge is -2.32. The normalized spacial score (nSPS) is 20.3. The van der Waals surface area contributed by atoms with Gasteiger partial charge in [-0.25, -0.2) is 4.98 Å². The minimum Gasteiger partial charge on any atom is -0.379 e. The van der Waals surface area contributed by atoms with Crippen LogP contribution in [0, 0.1) is 20.8 Å². The summed E-state index contributed by atoms with van der Waals surface area (Å²) in [4.78, 5) is 17.7. The third kappa shape index (κ3) is 4.69.